The first-order valence-electron chi connectivity index (χ1n) is 8.62. The minimum atomic E-state index is -4.02. The van der Waals surface area contributed by atoms with E-state index in [1.165, 1.54) is 25.4 Å². The fourth-order valence-electron chi connectivity index (χ4n) is 2.34. The molecule has 2 aromatic rings. The molecule has 0 fully saturated rings. The van der Waals surface area contributed by atoms with Gasteiger partial charge in [-0.1, -0.05) is 22.7 Å². The zero-order chi connectivity index (χ0) is 22.3. The minimum absolute atomic E-state index is 0.0320. The number of nitrogens with zero attached hydrogens (tertiary/aromatic N) is 4. The number of carbonyl (C=O) groups excluding carboxylic acids is 2. The molecule has 12 nitrogen and oxygen atoms in total. The summed E-state index contributed by atoms with van der Waals surface area (Å²) in [7, 11) is -2.63. The zero-order valence-corrected chi connectivity index (χ0v) is 17.1. The quantitative estimate of drug-likeness (QED) is 0.229. The molecule has 1 aromatic heterocycles. The maximum Gasteiger partial charge on any atom is 0.434 e. The van der Waals surface area contributed by atoms with E-state index in [-0.39, 0.29) is 30.3 Å². The molecule has 0 aliphatic carbocycles. The van der Waals surface area contributed by atoms with Crippen LogP contribution in [0.2, 0.25) is 0 Å². The largest absolute Gasteiger partial charge is 0.441 e. The van der Waals surface area contributed by atoms with Gasteiger partial charge in [-0.25, -0.2) is 9.36 Å². The summed E-state index contributed by atoms with van der Waals surface area (Å²) in [4.78, 5) is 37.7. The van der Waals surface area contributed by atoms with E-state index >= 15 is 0 Å². The smallest absolute Gasteiger partial charge is 0.434 e. The standard InChI is InChI=1S/C17H20N4O8S/c1-13-3-5-15(6-4-13)30(26,27)29-10-8-20(7-9-22)17(23)28-12-14-11-18-16(19(14)2)21(24)25/h3-6,9,11H,7-8,10,12H2,1-2H3. The molecule has 0 bridgehead atoms. The second-order valence-electron chi connectivity index (χ2n) is 6.12. The molecular formula is C17H20N4O8S. The summed E-state index contributed by atoms with van der Waals surface area (Å²) in [5.74, 6) is -0.416. The van der Waals surface area contributed by atoms with E-state index in [2.05, 4.69) is 4.98 Å². The van der Waals surface area contributed by atoms with E-state index in [0.717, 1.165) is 15.0 Å². The minimum Gasteiger partial charge on any atom is -0.441 e. The van der Waals surface area contributed by atoms with Crippen LogP contribution < -0.4 is 0 Å². The number of hydrogen-bond acceptors (Lipinski definition) is 9. The molecule has 0 aliphatic rings. The highest BCUT2D eigenvalue weighted by molar-refractivity contribution is 7.86. The first-order valence-corrected chi connectivity index (χ1v) is 10.0. The van der Waals surface area contributed by atoms with Gasteiger partial charge in [-0.3, -0.25) is 9.08 Å². The van der Waals surface area contributed by atoms with Crippen molar-refractivity contribution < 1.29 is 31.9 Å². The van der Waals surface area contributed by atoms with Crippen molar-refractivity contribution in [3.8, 4) is 0 Å². The van der Waals surface area contributed by atoms with Crippen LogP contribution in [0, 0.1) is 17.0 Å². The Kier molecular flexibility index (Phi) is 7.60. The van der Waals surface area contributed by atoms with Gasteiger partial charge in [0.1, 0.15) is 12.5 Å². The van der Waals surface area contributed by atoms with Gasteiger partial charge in [-0.15, -0.1) is 0 Å². The van der Waals surface area contributed by atoms with Crippen LogP contribution in [0.25, 0.3) is 0 Å². The van der Waals surface area contributed by atoms with Crippen LogP contribution in [-0.2, 0) is 37.5 Å². The van der Waals surface area contributed by atoms with Gasteiger partial charge in [0, 0.05) is 6.54 Å². The number of ether oxygens (including phenoxy) is 1. The normalized spacial score (nSPS) is 11.1. The van der Waals surface area contributed by atoms with Crippen LogP contribution in [0.5, 0.6) is 0 Å². The van der Waals surface area contributed by atoms with Crippen molar-refractivity contribution >= 4 is 28.4 Å². The highest BCUT2D eigenvalue weighted by Gasteiger charge is 2.21. The molecule has 0 spiro atoms. The number of benzene rings is 1. The second-order valence-corrected chi connectivity index (χ2v) is 7.74. The van der Waals surface area contributed by atoms with Gasteiger partial charge in [0.15, 0.2) is 12.3 Å². The zero-order valence-electron chi connectivity index (χ0n) is 16.3. The van der Waals surface area contributed by atoms with Crippen molar-refractivity contribution in [2.75, 3.05) is 19.7 Å². The third-order valence-electron chi connectivity index (χ3n) is 4.03. The summed E-state index contributed by atoms with van der Waals surface area (Å²) in [5.41, 5.74) is 1.15. The molecule has 0 aliphatic heterocycles. The molecule has 1 amide bonds. The maximum atomic E-state index is 12.2. The first-order chi connectivity index (χ1) is 14.2. The Bertz CT molecular complexity index is 1020. The van der Waals surface area contributed by atoms with Gasteiger partial charge < -0.3 is 19.6 Å². The van der Waals surface area contributed by atoms with Crippen LogP contribution in [0.1, 0.15) is 11.3 Å². The highest BCUT2D eigenvalue weighted by atomic mass is 32.2. The number of imidazole rings is 1. The number of aryl methyl sites for hydroxylation is 1. The molecular weight excluding hydrogens is 420 g/mol. The van der Waals surface area contributed by atoms with Gasteiger partial charge >= 0.3 is 12.0 Å². The average molecular weight is 440 g/mol. The van der Waals surface area contributed by atoms with E-state index < -0.39 is 33.7 Å². The van der Waals surface area contributed by atoms with Gasteiger partial charge in [0.05, 0.1) is 25.1 Å². The number of carbonyl (C=O) groups is 2. The fourth-order valence-corrected chi connectivity index (χ4v) is 3.24. The number of rotatable bonds is 10. The lowest BCUT2D eigenvalue weighted by atomic mass is 10.2. The first kappa shape index (κ1) is 23.0. The van der Waals surface area contributed by atoms with Crippen molar-refractivity contribution in [1.82, 2.24) is 14.5 Å². The molecule has 0 radical (unpaired) electrons. The maximum absolute atomic E-state index is 12.2. The average Bonchev–Trinajstić information content (AvgIpc) is 3.06. The molecule has 0 N–H and O–H groups in total. The van der Waals surface area contributed by atoms with E-state index in [9.17, 15) is 28.1 Å². The van der Waals surface area contributed by atoms with E-state index in [4.69, 9.17) is 8.92 Å². The molecule has 162 valence electrons. The molecule has 13 heteroatoms. The lowest BCUT2D eigenvalue weighted by Crippen LogP contribution is -2.36. The van der Waals surface area contributed by atoms with Crippen molar-refractivity contribution in [2.45, 2.75) is 18.4 Å². The molecule has 0 atom stereocenters. The summed E-state index contributed by atoms with van der Waals surface area (Å²) >= 11 is 0. The third-order valence-corrected chi connectivity index (χ3v) is 5.36. The van der Waals surface area contributed by atoms with Crippen LogP contribution in [0.4, 0.5) is 10.7 Å². The Morgan fingerprint density at radius 3 is 2.57 bits per heavy atom. The summed E-state index contributed by atoms with van der Waals surface area (Å²) in [5, 5.41) is 10.8. The summed E-state index contributed by atoms with van der Waals surface area (Å²) in [6.45, 7) is 0.515. The number of aldehydes is 1. The number of amides is 1. The molecule has 30 heavy (non-hydrogen) atoms. The predicted octanol–water partition coefficient (Wildman–Crippen LogP) is 1.18. The summed E-state index contributed by atoms with van der Waals surface area (Å²) in [6.07, 6.45) is 0.722. The Balaban J connectivity index is 1.93. The third kappa shape index (κ3) is 5.84. The van der Waals surface area contributed by atoms with Gasteiger partial charge in [0.2, 0.25) is 0 Å². The van der Waals surface area contributed by atoms with Crippen molar-refractivity contribution in [3.05, 3.63) is 51.8 Å². The van der Waals surface area contributed by atoms with Crippen LogP contribution in [-0.4, -0.2) is 59.9 Å². The second kappa shape index (κ2) is 9.93. The van der Waals surface area contributed by atoms with Gasteiger partial charge in [-0.2, -0.15) is 8.42 Å². The van der Waals surface area contributed by atoms with Crippen molar-refractivity contribution in [2.24, 2.45) is 7.05 Å². The summed E-state index contributed by atoms with van der Waals surface area (Å²) in [6, 6.07) is 6.04. The van der Waals surface area contributed by atoms with Gasteiger partial charge in [-0.05, 0) is 24.0 Å². The Hall–Kier alpha value is -3.32. The van der Waals surface area contributed by atoms with E-state index in [1.807, 2.05) is 6.92 Å². The van der Waals surface area contributed by atoms with Crippen molar-refractivity contribution in [1.29, 1.82) is 0 Å². The molecule has 2 rings (SSSR count). The highest BCUT2D eigenvalue weighted by Crippen LogP contribution is 2.14. The number of nitro groups is 1. The monoisotopic (exact) mass is 440 g/mol. The molecule has 1 aromatic carbocycles. The fraction of sp³-hybridized carbons (Fsp3) is 0.353. The van der Waals surface area contributed by atoms with Crippen LogP contribution in [0.15, 0.2) is 35.4 Å². The summed E-state index contributed by atoms with van der Waals surface area (Å²) < 4.78 is 35.4. The Morgan fingerprint density at radius 1 is 1.33 bits per heavy atom. The topological polar surface area (TPSA) is 151 Å². The van der Waals surface area contributed by atoms with Gasteiger partial charge in [0.25, 0.3) is 10.1 Å². The lowest BCUT2D eigenvalue weighted by molar-refractivity contribution is -0.396. The SMILES string of the molecule is Cc1ccc(S(=O)(=O)OCCN(CC=O)C(=O)OCc2cnc([N+](=O)[O-])n2C)cc1. The molecule has 0 unspecified atom stereocenters. The van der Waals surface area contributed by atoms with E-state index in [1.54, 1.807) is 12.1 Å². The van der Waals surface area contributed by atoms with E-state index in [0.29, 0.717) is 6.29 Å². The van der Waals surface area contributed by atoms with Crippen molar-refractivity contribution in [3.63, 3.8) is 0 Å². The molecule has 0 saturated heterocycles. The predicted molar refractivity (Wildman–Crippen MR) is 102 cm³/mol. The number of hydrogen-bond donors (Lipinski definition) is 0. The molecule has 0 saturated carbocycles. The number of aromatic nitrogens is 2. The Morgan fingerprint density at radius 2 is 2.00 bits per heavy atom. The molecule has 1 heterocycles. The van der Waals surface area contributed by atoms with Crippen LogP contribution in [0.3, 0.4) is 0 Å². The lowest BCUT2D eigenvalue weighted by Gasteiger charge is -2.19. The Labute approximate surface area is 172 Å². The van der Waals surface area contributed by atoms with Crippen LogP contribution >= 0.6 is 0 Å².